The lowest BCUT2D eigenvalue weighted by Gasteiger charge is -2.19. The summed E-state index contributed by atoms with van der Waals surface area (Å²) in [4.78, 5) is 4.71. The fraction of sp³-hybridized carbons (Fsp3) is 0.190. The molecular formula is C21H20FN. The van der Waals surface area contributed by atoms with Crippen molar-refractivity contribution in [2.24, 2.45) is 0 Å². The maximum atomic E-state index is 13.1. The number of hydrogen-bond donors (Lipinski definition) is 0. The third-order valence-corrected chi connectivity index (χ3v) is 3.94. The van der Waals surface area contributed by atoms with Gasteiger partial charge in [0, 0.05) is 11.1 Å². The monoisotopic (exact) mass is 305 g/mol. The first-order valence-electron chi connectivity index (χ1n) is 7.77. The predicted molar refractivity (Wildman–Crippen MR) is 93.8 cm³/mol. The van der Waals surface area contributed by atoms with Gasteiger partial charge in [-0.1, -0.05) is 51.1 Å². The van der Waals surface area contributed by atoms with Crippen molar-refractivity contribution in [2.75, 3.05) is 0 Å². The molecule has 0 unspecified atom stereocenters. The fourth-order valence-corrected chi connectivity index (χ4v) is 2.52. The maximum Gasteiger partial charge on any atom is 0.123 e. The van der Waals surface area contributed by atoms with Crippen LogP contribution in [0.5, 0.6) is 0 Å². The van der Waals surface area contributed by atoms with Crippen molar-refractivity contribution >= 4 is 0 Å². The maximum absolute atomic E-state index is 13.1. The molecule has 2 aromatic carbocycles. The molecule has 116 valence electrons. The molecule has 2 heteroatoms. The SMILES string of the molecule is CC(C)(C)c1ccc(-c2cccc(-c3ccc(F)cc3)n2)cc1. The Morgan fingerprint density at radius 3 is 1.65 bits per heavy atom. The van der Waals surface area contributed by atoms with Gasteiger partial charge in [0.15, 0.2) is 0 Å². The lowest BCUT2D eigenvalue weighted by Crippen LogP contribution is -2.10. The van der Waals surface area contributed by atoms with E-state index in [1.807, 2.05) is 18.2 Å². The van der Waals surface area contributed by atoms with E-state index < -0.39 is 0 Å². The van der Waals surface area contributed by atoms with Crippen molar-refractivity contribution < 1.29 is 4.39 Å². The van der Waals surface area contributed by atoms with Crippen LogP contribution >= 0.6 is 0 Å². The molecule has 0 N–H and O–H groups in total. The summed E-state index contributed by atoms with van der Waals surface area (Å²) < 4.78 is 13.1. The first kappa shape index (κ1) is 15.4. The number of hydrogen-bond acceptors (Lipinski definition) is 1. The minimum Gasteiger partial charge on any atom is -0.248 e. The van der Waals surface area contributed by atoms with E-state index in [1.165, 1.54) is 17.7 Å². The Morgan fingerprint density at radius 2 is 1.17 bits per heavy atom. The van der Waals surface area contributed by atoms with E-state index in [1.54, 1.807) is 12.1 Å². The Morgan fingerprint density at radius 1 is 0.696 bits per heavy atom. The smallest absolute Gasteiger partial charge is 0.123 e. The molecule has 0 fully saturated rings. The second-order valence-electron chi connectivity index (χ2n) is 6.74. The number of halogens is 1. The van der Waals surface area contributed by atoms with Crippen molar-refractivity contribution in [1.82, 2.24) is 4.98 Å². The van der Waals surface area contributed by atoms with Crippen molar-refractivity contribution in [3.63, 3.8) is 0 Å². The molecule has 3 rings (SSSR count). The zero-order valence-electron chi connectivity index (χ0n) is 13.7. The number of aromatic nitrogens is 1. The molecule has 0 saturated carbocycles. The summed E-state index contributed by atoms with van der Waals surface area (Å²) in [6.45, 7) is 6.61. The lowest BCUT2D eigenvalue weighted by atomic mass is 9.86. The highest BCUT2D eigenvalue weighted by atomic mass is 19.1. The van der Waals surface area contributed by atoms with Crippen LogP contribution in [0.1, 0.15) is 26.3 Å². The van der Waals surface area contributed by atoms with E-state index in [0.29, 0.717) is 0 Å². The van der Waals surface area contributed by atoms with Gasteiger partial charge in [-0.25, -0.2) is 9.37 Å². The van der Waals surface area contributed by atoms with Crippen LogP contribution in [0.2, 0.25) is 0 Å². The van der Waals surface area contributed by atoms with Gasteiger partial charge in [-0.2, -0.15) is 0 Å². The van der Waals surface area contributed by atoms with Gasteiger partial charge in [0.1, 0.15) is 5.82 Å². The van der Waals surface area contributed by atoms with E-state index >= 15 is 0 Å². The number of benzene rings is 2. The average Bonchev–Trinajstić information content (AvgIpc) is 2.55. The number of rotatable bonds is 2. The molecule has 0 amide bonds. The molecular weight excluding hydrogens is 285 g/mol. The van der Waals surface area contributed by atoms with Gasteiger partial charge in [-0.3, -0.25) is 0 Å². The standard InChI is InChI=1S/C21H20FN/c1-21(2,3)17-11-7-15(8-12-17)19-5-4-6-20(23-19)16-9-13-18(22)14-10-16/h4-14H,1-3H3. The molecule has 23 heavy (non-hydrogen) atoms. The van der Waals surface area contributed by atoms with Crippen LogP contribution in [-0.2, 0) is 5.41 Å². The minimum absolute atomic E-state index is 0.141. The zero-order valence-corrected chi connectivity index (χ0v) is 13.7. The Labute approximate surface area is 136 Å². The van der Waals surface area contributed by atoms with E-state index in [9.17, 15) is 4.39 Å². The van der Waals surface area contributed by atoms with Gasteiger partial charge >= 0.3 is 0 Å². The molecule has 0 bridgehead atoms. The third-order valence-electron chi connectivity index (χ3n) is 3.94. The van der Waals surface area contributed by atoms with Crippen LogP contribution in [-0.4, -0.2) is 4.98 Å². The molecule has 0 aliphatic rings. The van der Waals surface area contributed by atoms with E-state index in [2.05, 4.69) is 45.0 Å². The highest BCUT2D eigenvalue weighted by Crippen LogP contribution is 2.27. The van der Waals surface area contributed by atoms with Gasteiger partial charge in [0.2, 0.25) is 0 Å². The van der Waals surface area contributed by atoms with Crippen molar-refractivity contribution in [2.45, 2.75) is 26.2 Å². The van der Waals surface area contributed by atoms with Gasteiger partial charge < -0.3 is 0 Å². The van der Waals surface area contributed by atoms with Gasteiger partial charge in [-0.05, 0) is 47.4 Å². The van der Waals surface area contributed by atoms with Gasteiger partial charge in [-0.15, -0.1) is 0 Å². The van der Waals surface area contributed by atoms with Crippen LogP contribution < -0.4 is 0 Å². The first-order chi connectivity index (χ1) is 10.9. The molecule has 0 saturated heterocycles. The second kappa shape index (κ2) is 5.96. The quantitative estimate of drug-likeness (QED) is 0.578. The Kier molecular flexibility index (Phi) is 3.99. The van der Waals surface area contributed by atoms with Crippen molar-refractivity contribution in [3.8, 4) is 22.5 Å². The molecule has 0 aliphatic heterocycles. The molecule has 0 aliphatic carbocycles. The Hall–Kier alpha value is -2.48. The van der Waals surface area contributed by atoms with Crippen LogP contribution in [0.25, 0.3) is 22.5 Å². The highest BCUT2D eigenvalue weighted by Gasteiger charge is 2.13. The van der Waals surface area contributed by atoms with Crippen LogP contribution in [0, 0.1) is 5.82 Å². The molecule has 1 heterocycles. The summed E-state index contributed by atoms with van der Waals surface area (Å²) in [5, 5.41) is 0. The van der Waals surface area contributed by atoms with E-state index in [4.69, 9.17) is 4.98 Å². The molecule has 0 spiro atoms. The summed E-state index contributed by atoms with van der Waals surface area (Å²) in [5.74, 6) is -0.234. The van der Waals surface area contributed by atoms with Crippen LogP contribution in [0.15, 0.2) is 66.7 Å². The van der Waals surface area contributed by atoms with Gasteiger partial charge in [0.25, 0.3) is 0 Å². The zero-order chi connectivity index (χ0) is 16.4. The summed E-state index contributed by atoms with van der Waals surface area (Å²) in [6.07, 6.45) is 0. The van der Waals surface area contributed by atoms with Crippen LogP contribution in [0.4, 0.5) is 4.39 Å². The molecule has 1 nitrogen and oxygen atoms in total. The highest BCUT2D eigenvalue weighted by molar-refractivity contribution is 5.66. The summed E-state index contributed by atoms with van der Waals surface area (Å²) in [6, 6.07) is 20.9. The number of pyridine rings is 1. The fourth-order valence-electron chi connectivity index (χ4n) is 2.52. The minimum atomic E-state index is -0.234. The summed E-state index contributed by atoms with van der Waals surface area (Å²) in [5.41, 5.74) is 5.22. The van der Waals surface area contributed by atoms with Crippen LogP contribution in [0.3, 0.4) is 0 Å². The van der Waals surface area contributed by atoms with Crippen molar-refractivity contribution in [1.29, 1.82) is 0 Å². The normalized spacial score (nSPS) is 11.5. The topological polar surface area (TPSA) is 12.9 Å². The number of nitrogens with zero attached hydrogens (tertiary/aromatic N) is 1. The summed E-state index contributed by atoms with van der Waals surface area (Å²) in [7, 11) is 0. The summed E-state index contributed by atoms with van der Waals surface area (Å²) >= 11 is 0. The predicted octanol–water partition coefficient (Wildman–Crippen LogP) is 5.85. The average molecular weight is 305 g/mol. The van der Waals surface area contributed by atoms with Crippen molar-refractivity contribution in [3.05, 3.63) is 78.1 Å². The molecule has 0 radical (unpaired) electrons. The molecule has 3 aromatic rings. The van der Waals surface area contributed by atoms with E-state index in [0.717, 1.165) is 22.5 Å². The third kappa shape index (κ3) is 3.48. The Bertz CT molecular complexity index is 796. The molecule has 0 atom stereocenters. The second-order valence-corrected chi connectivity index (χ2v) is 6.74. The largest absolute Gasteiger partial charge is 0.248 e. The lowest BCUT2D eigenvalue weighted by molar-refractivity contribution is 0.590. The Balaban J connectivity index is 1.95. The van der Waals surface area contributed by atoms with E-state index in [-0.39, 0.29) is 11.2 Å². The van der Waals surface area contributed by atoms with Gasteiger partial charge in [0.05, 0.1) is 11.4 Å². The first-order valence-corrected chi connectivity index (χ1v) is 7.77. The molecule has 1 aromatic heterocycles.